The smallest absolute Gasteiger partial charge is 0.247 e. The second-order valence-corrected chi connectivity index (χ2v) is 6.81. The minimum Gasteiger partial charge on any atom is -0.281 e. The third kappa shape index (κ3) is 2.48. The van der Waals surface area contributed by atoms with E-state index in [2.05, 4.69) is 10.2 Å². The van der Waals surface area contributed by atoms with Crippen molar-refractivity contribution in [2.75, 3.05) is 7.05 Å². The van der Waals surface area contributed by atoms with Crippen molar-refractivity contribution in [3.63, 3.8) is 0 Å². The summed E-state index contributed by atoms with van der Waals surface area (Å²) in [6.45, 7) is 5.28. The standard InChI is InChI=1S/C14H19N3O2S/c1-10-14(11(2)16-15-10)20(18,19)17(4)12(3)13-8-6-5-7-9-13/h5-9,12H,1-4H3,(H,15,16). The normalized spacial score (nSPS) is 13.7. The van der Waals surface area contributed by atoms with Gasteiger partial charge in [0.15, 0.2) is 0 Å². The molecule has 0 bridgehead atoms. The Kier molecular flexibility index (Phi) is 3.96. The Morgan fingerprint density at radius 1 is 1.20 bits per heavy atom. The molecule has 1 N–H and O–H groups in total. The van der Waals surface area contributed by atoms with Crippen LogP contribution in [0.5, 0.6) is 0 Å². The summed E-state index contributed by atoms with van der Waals surface area (Å²) in [5.74, 6) is 0. The molecule has 0 fully saturated rings. The van der Waals surface area contributed by atoms with Crippen LogP contribution in [0.1, 0.15) is 29.9 Å². The van der Waals surface area contributed by atoms with Crippen LogP contribution in [-0.2, 0) is 10.0 Å². The van der Waals surface area contributed by atoms with E-state index in [0.717, 1.165) is 5.56 Å². The summed E-state index contributed by atoms with van der Waals surface area (Å²) in [4.78, 5) is 0.266. The number of hydrogen-bond donors (Lipinski definition) is 1. The number of aromatic nitrogens is 2. The van der Waals surface area contributed by atoms with Crippen molar-refractivity contribution in [3.8, 4) is 0 Å². The SMILES string of the molecule is Cc1n[nH]c(C)c1S(=O)(=O)N(C)C(C)c1ccccc1. The number of H-pyrrole nitrogens is 1. The van der Waals surface area contributed by atoms with E-state index >= 15 is 0 Å². The van der Waals surface area contributed by atoms with Gasteiger partial charge in [0, 0.05) is 13.1 Å². The third-order valence-electron chi connectivity index (χ3n) is 3.52. The summed E-state index contributed by atoms with van der Waals surface area (Å²) < 4.78 is 26.8. The summed E-state index contributed by atoms with van der Waals surface area (Å²) in [6, 6.07) is 9.32. The van der Waals surface area contributed by atoms with Gasteiger partial charge in [-0.05, 0) is 26.3 Å². The van der Waals surface area contributed by atoms with Crippen LogP contribution in [0, 0.1) is 13.8 Å². The second-order valence-electron chi connectivity index (χ2n) is 4.87. The molecule has 1 aromatic carbocycles. The predicted molar refractivity (Wildman–Crippen MR) is 77.9 cm³/mol. The van der Waals surface area contributed by atoms with E-state index in [-0.39, 0.29) is 10.9 Å². The predicted octanol–water partition coefficient (Wildman–Crippen LogP) is 2.41. The van der Waals surface area contributed by atoms with Crippen LogP contribution in [-0.4, -0.2) is 30.0 Å². The Morgan fingerprint density at radius 2 is 1.80 bits per heavy atom. The summed E-state index contributed by atoms with van der Waals surface area (Å²) >= 11 is 0. The maximum atomic E-state index is 12.7. The molecule has 0 aliphatic carbocycles. The molecular formula is C14H19N3O2S. The van der Waals surface area contributed by atoms with Crippen molar-refractivity contribution in [3.05, 3.63) is 47.3 Å². The maximum Gasteiger partial charge on any atom is 0.247 e. The van der Waals surface area contributed by atoms with Gasteiger partial charge in [0.2, 0.25) is 10.0 Å². The topological polar surface area (TPSA) is 66.1 Å². The molecule has 2 rings (SSSR count). The van der Waals surface area contributed by atoms with Crippen molar-refractivity contribution in [2.45, 2.75) is 31.7 Å². The van der Waals surface area contributed by atoms with Crippen LogP contribution >= 0.6 is 0 Å². The molecule has 6 heteroatoms. The molecule has 0 saturated heterocycles. The first-order valence-electron chi connectivity index (χ1n) is 6.40. The lowest BCUT2D eigenvalue weighted by molar-refractivity contribution is 0.398. The summed E-state index contributed by atoms with van der Waals surface area (Å²) in [5, 5.41) is 6.69. The van der Waals surface area contributed by atoms with Gasteiger partial charge in [-0.15, -0.1) is 0 Å². The van der Waals surface area contributed by atoms with E-state index in [0.29, 0.717) is 11.4 Å². The average Bonchev–Trinajstić information content (AvgIpc) is 2.78. The molecule has 0 spiro atoms. The zero-order valence-electron chi connectivity index (χ0n) is 12.1. The van der Waals surface area contributed by atoms with Gasteiger partial charge >= 0.3 is 0 Å². The fraction of sp³-hybridized carbons (Fsp3) is 0.357. The highest BCUT2D eigenvalue weighted by Gasteiger charge is 2.30. The average molecular weight is 293 g/mol. The molecule has 20 heavy (non-hydrogen) atoms. The van der Waals surface area contributed by atoms with Crippen molar-refractivity contribution in [2.24, 2.45) is 0 Å². The second kappa shape index (κ2) is 5.38. The fourth-order valence-electron chi connectivity index (χ4n) is 2.21. The Balaban J connectivity index is 2.40. The molecular weight excluding hydrogens is 274 g/mol. The van der Waals surface area contributed by atoms with Crippen molar-refractivity contribution in [1.82, 2.24) is 14.5 Å². The molecule has 0 aliphatic heterocycles. The lowest BCUT2D eigenvalue weighted by atomic mass is 10.1. The number of nitrogens with zero attached hydrogens (tertiary/aromatic N) is 2. The van der Waals surface area contributed by atoms with Crippen LogP contribution in [0.25, 0.3) is 0 Å². The zero-order valence-corrected chi connectivity index (χ0v) is 12.9. The van der Waals surface area contributed by atoms with E-state index in [4.69, 9.17) is 0 Å². The number of nitrogens with one attached hydrogen (secondary N) is 1. The van der Waals surface area contributed by atoms with E-state index in [1.54, 1.807) is 20.9 Å². The first-order valence-corrected chi connectivity index (χ1v) is 7.84. The Morgan fingerprint density at radius 3 is 2.30 bits per heavy atom. The lowest BCUT2D eigenvalue weighted by Gasteiger charge is -2.24. The van der Waals surface area contributed by atoms with E-state index in [9.17, 15) is 8.42 Å². The van der Waals surface area contributed by atoms with Crippen molar-refractivity contribution in [1.29, 1.82) is 0 Å². The van der Waals surface area contributed by atoms with Gasteiger partial charge in [-0.2, -0.15) is 9.40 Å². The van der Waals surface area contributed by atoms with Crippen LogP contribution in [0.4, 0.5) is 0 Å². The van der Waals surface area contributed by atoms with Crippen molar-refractivity contribution >= 4 is 10.0 Å². The first kappa shape index (κ1) is 14.7. The summed E-state index contributed by atoms with van der Waals surface area (Å²) in [5.41, 5.74) is 2.02. The van der Waals surface area contributed by atoms with Gasteiger partial charge in [0.1, 0.15) is 4.90 Å². The monoisotopic (exact) mass is 293 g/mol. The third-order valence-corrected chi connectivity index (χ3v) is 5.72. The first-order chi connectivity index (χ1) is 9.35. The fourth-order valence-corrected chi connectivity index (χ4v) is 3.89. The molecule has 0 amide bonds. The Labute approximate surface area is 119 Å². The highest BCUT2D eigenvalue weighted by Crippen LogP contribution is 2.28. The number of rotatable bonds is 4. The largest absolute Gasteiger partial charge is 0.281 e. The molecule has 1 unspecified atom stereocenters. The van der Waals surface area contributed by atoms with E-state index in [1.807, 2.05) is 37.3 Å². The van der Waals surface area contributed by atoms with Crippen LogP contribution in [0.15, 0.2) is 35.2 Å². The van der Waals surface area contributed by atoms with Crippen LogP contribution in [0.2, 0.25) is 0 Å². The number of sulfonamides is 1. The maximum absolute atomic E-state index is 12.7. The lowest BCUT2D eigenvalue weighted by Crippen LogP contribution is -2.30. The van der Waals surface area contributed by atoms with E-state index < -0.39 is 10.0 Å². The number of hydrogen-bond acceptors (Lipinski definition) is 3. The molecule has 2 aromatic rings. The molecule has 5 nitrogen and oxygen atoms in total. The van der Waals surface area contributed by atoms with Gasteiger partial charge in [-0.3, -0.25) is 5.10 Å². The number of benzene rings is 1. The van der Waals surface area contributed by atoms with Gasteiger partial charge in [0.05, 0.1) is 11.4 Å². The molecule has 108 valence electrons. The zero-order chi connectivity index (χ0) is 14.9. The van der Waals surface area contributed by atoms with Gasteiger partial charge in [0.25, 0.3) is 0 Å². The Bertz CT molecular complexity index is 673. The number of aromatic amines is 1. The molecule has 1 aromatic heterocycles. The van der Waals surface area contributed by atoms with Gasteiger partial charge < -0.3 is 0 Å². The molecule has 0 radical (unpaired) electrons. The molecule has 0 saturated carbocycles. The van der Waals surface area contributed by atoms with Gasteiger partial charge in [-0.25, -0.2) is 8.42 Å². The highest BCUT2D eigenvalue weighted by molar-refractivity contribution is 7.89. The minimum absolute atomic E-state index is 0.241. The van der Waals surface area contributed by atoms with Crippen molar-refractivity contribution < 1.29 is 8.42 Å². The summed E-state index contributed by atoms with van der Waals surface area (Å²) in [7, 11) is -1.97. The number of aryl methyl sites for hydroxylation is 2. The minimum atomic E-state index is -3.56. The van der Waals surface area contributed by atoms with Crippen LogP contribution in [0.3, 0.4) is 0 Å². The Hall–Kier alpha value is -1.66. The highest BCUT2D eigenvalue weighted by atomic mass is 32.2. The van der Waals surface area contributed by atoms with Gasteiger partial charge in [-0.1, -0.05) is 30.3 Å². The quantitative estimate of drug-likeness (QED) is 0.941. The summed E-state index contributed by atoms with van der Waals surface area (Å²) in [6.07, 6.45) is 0. The molecule has 1 atom stereocenters. The molecule has 1 heterocycles. The van der Waals surface area contributed by atoms with E-state index in [1.165, 1.54) is 4.31 Å². The van der Waals surface area contributed by atoms with Crippen LogP contribution < -0.4 is 0 Å². The molecule has 0 aliphatic rings.